The molecule has 1 aromatic carbocycles. The molecule has 0 spiro atoms. The number of nitrogens with two attached hydrogens (primary N) is 1. The number of rotatable bonds is 3. The molecule has 1 aromatic rings. The summed E-state index contributed by atoms with van der Waals surface area (Å²) in [5.41, 5.74) is 6.13. The van der Waals surface area contributed by atoms with E-state index in [1.807, 2.05) is 4.90 Å². The van der Waals surface area contributed by atoms with Crippen LogP contribution in [0.15, 0.2) is 22.7 Å². The molecule has 2 N–H and O–H groups in total. The molecule has 1 heterocycles. The van der Waals surface area contributed by atoms with E-state index in [9.17, 15) is 9.18 Å². The summed E-state index contributed by atoms with van der Waals surface area (Å²) in [5, 5.41) is 0. The smallest absolute Gasteiger partial charge is 0.254 e. The van der Waals surface area contributed by atoms with Crippen molar-refractivity contribution < 1.29 is 9.18 Å². The molecule has 0 radical (unpaired) electrons. The van der Waals surface area contributed by atoms with Gasteiger partial charge in [0.1, 0.15) is 5.82 Å². The Hall–Kier alpha value is -0.940. The number of amides is 1. The maximum Gasteiger partial charge on any atom is 0.254 e. The molecular formula is C14H18BrFN2O. The van der Waals surface area contributed by atoms with Crippen molar-refractivity contribution in [2.45, 2.75) is 31.7 Å². The molecule has 1 amide bonds. The highest BCUT2D eigenvalue weighted by molar-refractivity contribution is 9.10. The maximum atomic E-state index is 13.2. The topological polar surface area (TPSA) is 46.3 Å². The van der Waals surface area contributed by atoms with Crippen molar-refractivity contribution in [2.24, 2.45) is 5.73 Å². The lowest BCUT2D eigenvalue weighted by atomic mass is 9.98. The Balaban J connectivity index is 2.18. The third-order valence-corrected chi connectivity index (χ3v) is 4.16. The summed E-state index contributed by atoms with van der Waals surface area (Å²) in [5.74, 6) is -0.382. The highest BCUT2D eigenvalue weighted by Gasteiger charge is 2.27. The number of carbonyl (C=O) groups is 1. The van der Waals surface area contributed by atoms with Gasteiger partial charge in [0.15, 0.2) is 0 Å². The van der Waals surface area contributed by atoms with Gasteiger partial charge in [-0.05, 0) is 66.4 Å². The summed E-state index contributed by atoms with van der Waals surface area (Å²) in [6.45, 7) is 1.35. The van der Waals surface area contributed by atoms with Crippen LogP contribution in [0.5, 0.6) is 0 Å². The van der Waals surface area contributed by atoms with Crippen LogP contribution in [0, 0.1) is 5.82 Å². The minimum absolute atomic E-state index is 0.0288. The lowest BCUT2D eigenvalue weighted by Crippen LogP contribution is -2.44. The van der Waals surface area contributed by atoms with E-state index in [2.05, 4.69) is 15.9 Å². The van der Waals surface area contributed by atoms with E-state index >= 15 is 0 Å². The molecular weight excluding hydrogens is 311 g/mol. The summed E-state index contributed by atoms with van der Waals surface area (Å²) >= 11 is 3.12. The van der Waals surface area contributed by atoms with Gasteiger partial charge in [0.2, 0.25) is 0 Å². The SMILES string of the molecule is NCCC1CCCCN1C(=O)c1ccc(F)c(Br)c1. The van der Waals surface area contributed by atoms with Gasteiger partial charge in [-0.1, -0.05) is 0 Å². The van der Waals surface area contributed by atoms with E-state index in [1.165, 1.54) is 12.1 Å². The summed E-state index contributed by atoms with van der Waals surface area (Å²) < 4.78 is 13.5. The predicted molar refractivity (Wildman–Crippen MR) is 76.4 cm³/mol. The lowest BCUT2D eigenvalue weighted by Gasteiger charge is -2.35. The van der Waals surface area contributed by atoms with E-state index in [4.69, 9.17) is 5.73 Å². The zero-order valence-corrected chi connectivity index (χ0v) is 12.3. The van der Waals surface area contributed by atoms with E-state index in [0.717, 1.165) is 32.2 Å². The second-order valence-corrected chi connectivity index (χ2v) is 5.71. The Morgan fingerprint density at radius 3 is 2.95 bits per heavy atom. The van der Waals surface area contributed by atoms with Gasteiger partial charge in [-0.3, -0.25) is 4.79 Å². The molecule has 0 aromatic heterocycles. The Morgan fingerprint density at radius 2 is 2.26 bits per heavy atom. The molecule has 2 rings (SSSR count). The highest BCUT2D eigenvalue weighted by Crippen LogP contribution is 2.23. The molecule has 0 saturated carbocycles. The van der Waals surface area contributed by atoms with Crippen molar-refractivity contribution in [2.75, 3.05) is 13.1 Å². The number of carbonyl (C=O) groups excluding carboxylic acids is 1. The van der Waals surface area contributed by atoms with Crippen LogP contribution in [-0.4, -0.2) is 29.9 Å². The summed E-state index contributed by atoms with van der Waals surface area (Å²) in [6.07, 6.45) is 4.00. The van der Waals surface area contributed by atoms with Gasteiger partial charge in [0.05, 0.1) is 4.47 Å². The number of piperidine rings is 1. The third-order valence-electron chi connectivity index (χ3n) is 3.55. The molecule has 1 atom stereocenters. The Kier molecular flexibility index (Phi) is 4.93. The minimum atomic E-state index is -0.353. The third kappa shape index (κ3) is 3.34. The largest absolute Gasteiger partial charge is 0.336 e. The van der Waals surface area contributed by atoms with Crippen LogP contribution < -0.4 is 5.73 Å². The maximum absolute atomic E-state index is 13.2. The van der Waals surface area contributed by atoms with Crippen LogP contribution in [-0.2, 0) is 0 Å². The number of benzene rings is 1. The summed E-state index contributed by atoms with van der Waals surface area (Å²) in [4.78, 5) is 14.4. The molecule has 3 nitrogen and oxygen atoms in total. The van der Waals surface area contributed by atoms with Gasteiger partial charge in [-0.15, -0.1) is 0 Å². The average Bonchev–Trinajstić information content (AvgIpc) is 2.42. The number of hydrogen-bond acceptors (Lipinski definition) is 2. The number of likely N-dealkylation sites (tertiary alicyclic amines) is 1. The van der Waals surface area contributed by atoms with Gasteiger partial charge < -0.3 is 10.6 Å². The lowest BCUT2D eigenvalue weighted by molar-refractivity contribution is 0.0605. The van der Waals surface area contributed by atoms with Gasteiger partial charge in [-0.2, -0.15) is 0 Å². The van der Waals surface area contributed by atoms with Crippen LogP contribution in [0.1, 0.15) is 36.0 Å². The van der Waals surface area contributed by atoms with Crippen molar-refractivity contribution in [1.82, 2.24) is 4.90 Å². The molecule has 0 bridgehead atoms. The zero-order chi connectivity index (χ0) is 13.8. The molecule has 0 aliphatic carbocycles. The average molecular weight is 329 g/mol. The van der Waals surface area contributed by atoms with Crippen molar-refractivity contribution in [3.05, 3.63) is 34.1 Å². The number of hydrogen-bond donors (Lipinski definition) is 1. The van der Waals surface area contributed by atoms with Crippen molar-refractivity contribution in [1.29, 1.82) is 0 Å². The van der Waals surface area contributed by atoms with Crippen LogP contribution in [0.2, 0.25) is 0 Å². The Morgan fingerprint density at radius 1 is 1.47 bits per heavy atom. The van der Waals surface area contributed by atoms with E-state index < -0.39 is 0 Å². The Bertz CT molecular complexity index is 465. The number of nitrogens with zero attached hydrogens (tertiary/aromatic N) is 1. The molecule has 5 heteroatoms. The second kappa shape index (κ2) is 6.48. The molecule has 1 aliphatic heterocycles. The first-order chi connectivity index (χ1) is 9.13. The van der Waals surface area contributed by atoms with E-state index in [1.54, 1.807) is 6.07 Å². The van der Waals surface area contributed by atoms with Gasteiger partial charge in [0.25, 0.3) is 5.91 Å². The molecule has 104 valence electrons. The van der Waals surface area contributed by atoms with Gasteiger partial charge in [-0.25, -0.2) is 4.39 Å². The second-order valence-electron chi connectivity index (χ2n) is 4.85. The standard InChI is InChI=1S/C14H18BrFN2O/c15-12-9-10(4-5-13(12)16)14(19)18-8-2-1-3-11(18)6-7-17/h4-5,9,11H,1-3,6-8,17H2. The zero-order valence-electron chi connectivity index (χ0n) is 10.7. The van der Waals surface area contributed by atoms with Crippen molar-refractivity contribution >= 4 is 21.8 Å². The molecule has 19 heavy (non-hydrogen) atoms. The predicted octanol–water partition coefficient (Wildman–Crippen LogP) is 2.93. The molecule has 1 aliphatic rings. The fourth-order valence-electron chi connectivity index (χ4n) is 2.56. The molecule has 1 fully saturated rings. The van der Waals surface area contributed by atoms with Crippen LogP contribution in [0.25, 0.3) is 0 Å². The summed E-state index contributed by atoms with van der Waals surface area (Å²) in [6, 6.07) is 4.62. The highest BCUT2D eigenvalue weighted by atomic mass is 79.9. The summed E-state index contributed by atoms with van der Waals surface area (Å²) in [7, 11) is 0. The first-order valence-electron chi connectivity index (χ1n) is 6.59. The fourth-order valence-corrected chi connectivity index (χ4v) is 2.93. The van der Waals surface area contributed by atoms with Crippen LogP contribution in [0.4, 0.5) is 4.39 Å². The van der Waals surface area contributed by atoms with Crippen LogP contribution >= 0.6 is 15.9 Å². The normalized spacial score (nSPS) is 19.5. The van der Waals surface area contributed by atoms with Crippen LogP contribution in [0.3, 0.4) is 0 Å². The van der Waals surface area contributed by atoms with Gasteiger partial charge >= 0.3 is 0 Å². The first-order valence-corrected chi connectivity index (χ1v) is 7.39. The fraction of sp³-hybridized carbons (Fsp3) is 0.500. The van der Waals surface area contributed by atoms with Gasteiger partial charge in [0, 0.05) is 18.2 Å². The minimum Gasteiger partial charge on any atom is -0.336 e. The van der Waals surface area contributed by atoms with Crippen molar-refractivity contribution in [3.63, 3.8) is 0 Å². The van der Waals surface area contributed by atoms with E-state index in [0.29, 0.717) is 16.6 Å². The first kappa shape index (κ1) is 14.5. The monoisotopic (exact) mass is 328 g/mol. The quantitative estimate of drug-likeness (QED) is 0.927. The Labute approximate surface area is 121 Å². The molecule has 1 unspecified atom stereocenters. The van der Waals surface area contributed by atoms with E-state index in [-0.39, 0.29) is 17.8 Å². The molecule has 1 saturated heterocycles. The van der Waals surface area contributed by atoms with Crippen molar-refractivity contribution in [3.8, 4) is 0 Å². The number of halogens is 2.